The molecule has 0 heterocycles. The van der Waals surface area contributed by atoms with Crippen LogP contribution < -0.4 is 0 Å². The van der Waals surface area contributed by atoms with Crippen LogP contribution in [0.3, 0.4) is 0 Å². The van der Waals surface area contributed by atoms with E-state index in [0.29, 0.717) is 5.57 Å². The van der Waals surface area contributed by atoms with Crippen molar-refractivity contribution < 1.29 is 23.8 Å². The molecule has 0 bridgehead atoms. The highest BCUT2D eigenvalue weighted by atomic mass is 16.5. The van der Waals surface area contributed by atoms with Crippen molar-refractivity contribution in [1.29, 1.82) is 0 Å². The lowest BCUT2D eigenvalue weighted by Crippen LogP contribution is -2.32. The Bertz CT molecular complexity index is 291. The first kappa shape index (κ1) is 12.7. The first-order valence-electron chi connectivity index (χ1n) is 5.04. The first-order valence-corrected chi connectivity index (χ1v) is 5.04. The van der Waals surface area contributed by atoms with Crippen LogP contribution >= 0.6 is 0 Å². The van der Waals surface area contributed by atoms with Gasteiger partial charge in [-0.3, -0.25) is 9.59 Å². The van der Waals surface area contributed by atoms with E-state index in [1.807, 2.05) is 6.08 Å². The number of rotatable bonds is 4. The lowest BCUT2D eigenvalue weighted by Gasteiger charge is -2.19. The number of carbonyl (C=O) groups excluding carboxylic acids is 2. The van der Waals surface area contributed by atoms with Crippen LogP contribution in [0.4, 0.5) is 0 Å². The molecule has 0 aromatic heterocycles. The van der Waals surface area contributed by atoms with Crippen LogP contribution in [0.15, 0.2) is 11.6 Å². The van der Waals surface area contributed by atoms with Gasteiger partial charge in [-0.15, -0.1) is 0 Å². The van der Waals surface area contributed by atoms with Crippen molar-refractivity contribution in [3.63, 3.8) is 0 Å². The van der Waals surface area contributed by atoms with Crippen LogP contribution in [0, 0.1) is 5.92 Å². The van der Waals surface area contributed by atoms with Gasteiger partial charge in [-0.2, -0.15) is 0 Å². The number of hydrogen-bond acceptors (Lipinski definition) is 5. The number of hydrogen-bond donors (Lipinski definition) is 0. The van der Waals surface area contributed by atoms with E-state index in [0.717, 1.165) is 12.8 Å². The topological polar surface area (TPSA) is 61.8 Å². The van der Waals surface area contributed by atoms with Crippen molar-refractivity contribution in [2.75, 3.05) is 21.3 Å². The Morgan fingerprint density at radius 1 is 1.25 bits per heavy atom. The lowest BCUT2D eigenvalue weighted by molar-refractivity contribution is -0.157. The van der Waals surface area contributed by atoms with Crippen LogP contribution in [0.1, 0.15) is 12.8 Å². The number of esters is 2. The van der Waals surface area contributed by atoms with E-state index in [1.165, 1.54) is 14.2 Å². The highest BCUT2D eigenvalue weighted by Gasteiger charge is 2.38. The Kier molecular flexibility index (Phi) is 4.49. The molecule has 0 aromatic carbocycles. The Labute approximate surface area is 94.4 Å². The van der Waals surface area contributed by atoms with Gasteiger partial charge in [0.05, 0.1) is 20.3 Å². The molecule has 0 amide bonds. The first-order chi connectivity index (χ1) is 7.65. The molecule has 1 rings (SSSR count). The summed E-state index contributed by atoms with van der Waals surface area (Å²) in [5, 5.41) is 0. The molecule has 0 fully saturated rings. The van der Waals surface area contributed by atoms with Crippen LogP contribution in [0.2, 0.25) is 0 Å². The average Bonchev–Trinajstić information content (AvgIpc) is 2.76. The Morgan fingerprint density at radius 3 is 2.25 bits per heavy atom. The maximum atomic E-state index is 11.5. The van der Waals surface area contributed by atoms with Crippen molar-refractivity contribution in [2.24, 2.45) is 5.92 Å². The molecular formula is C11H16O5. The van der Waals surface area contributed by atoms with E-state index in [4.69, 9.17) is 4.74 Å². The molecule has 1 unspecified atom stereocenters. The third-order valence-electron chi connectivity index (χ3n) is 2.67. The summed E-state index contributed by atoms with van der Waals surface area (Å²) >= 11 is 0. The van der Waals surface area contributed by atoms with Gasteiger partial charge in [-0.25, -0.2) is 0 Å². The van der Waals surface area contributed by atoms with Crippen molar-refractivity contribution in [2.45, 2.75) is 18.9 Å². The third kappa shape index (κ3) is 2.41. The van der Waals surface area contributed by atoms with E-state index < -0.39 is 17.9 Å². The van der Waals surface area contributed by atoms with Gasteiger partial charge in [0.15, 0.2) is 5.92 Å². The van der Waals surface area contributed by atoms with E-state index in [9.17, 15) is 9.59 Å². The summed E-state index contributed by atoms with van der Waals surface area (Å²) in [5.74, 6) is -2.22. The fraction of sp³-hybridized carbons (Fsp3) is 0.636. The van der Waals surface area contributed by atoms with Crippen LogP contribution in [0.5, 0.6) is 0 Å². The van der Waals surface area contributed by atoms with Crippen LogP contribution in [-0.4, -0.2) is 39.4 Å². The Hall–Kier alpha value is -1.36. The highest BCUT2D eigenvalue weighted by Crippen LogP contribution is 2.29. The highest BCUT2D eigenvalue weighted by molar-refractivity contribution is 5.98. The molecule has 0 saturated heterocycles. The summed E-state index contributed by atoms with van der Waals surface area (Å²) in [6.07, 6.45) is 3.20. The number of methoxy groups -OCH3 is 3. The van der Waals surface area contributed by atoms with Gasteiger partial charge in [0, 0.05) is 7.11 Å². The molecular weight excluding hydrogens is 212 g/mol. The fourth-order valence-electron chi connectivity index (χ4n) is 1.86. The molecule has 1 aliphatic rings. The van der Waals surface area contributed by atoms with Gasteiger partial charge < -0.3 is 14.2 Å². The second-order valence-electron chi connectivity index (χ2n) is 3.49. The quantitative estimate of drug-likeness (QED) is 0.402. The monoisotopic (exact) mass is 228 g/mol. The van der Waals surface area contributed by atoms with Crippen molar-refractivity contribution in [3.05, 3.63) is 11.6 Å². The van der Waals surface area contributed by atoms with Gasteiger partial charge >= 0.3 is 11.9 Å². The zero-order valence-electron chi connectivity index (χ0n) is 9.69. The minimum absolute atomic E-state index is 0.205. The molecule has 0 saturated carbocycles. The van der Waals surface area contributed by atoms with Gasteiger partial charge in [0.1, 0.15) is 0 Å². The van der Waals surface area contributed by atoms with E-state index in [-0.39, 0.29) is 6.10 Å². The third-order valence-corrected chi connectivity index (χ3v) is 2.67. The van der Waals surface area contributed by atoms with Crippen molar-refractivity contribution in [1.82, 2.24) is 0 Å². The Morgan fingerprint density at radius 2 is 1.81 bits per heavy atom. The van der Waals surface area contributed by atoms with Gasteiger partial charge in [-0.05, 0) is 18.4 Å². The minimum atomic E-state index is -0.998. The molecule has 1 atom stereocenters. The maximum absolute atomic E-state index is 11.5. The molecule has 0 aliphatic heterocycles. The fourth-order valence-corrected chi connectivity index (χ4v) is 1.86. The molecule has 1 aliphatic carbocycles. The maximum Gasteiger partial charge on any atom is 0.324 e. The van der Waals surface area contributed by atoms with Crippen LogP contribution in [0.25, 0.3) is 0 Å². The molecule has 5 nitrogen and oxygen atoms in total. The Balaban J connectivity index is 2.92. The standard InChI is InChI=1S/C11H16O5/c1-14-8-6-4-5-7(8)9(10(12)15-2)11(13)16-3/h5,8-9H,4,6H2,1-3H3. The molecule has 16 heavy (non-hydrogen) atoms. The molecule has 0 N–H and O–H groups in total. The lowest BCUT2D eigenvalue weighted by atomic mass is 9.96. The normalized spacial score (nSPS) is 19.5. The summed E-state index contributed by atoms with van der Waals surface area (Å²) in [6, 6.07) is 0. The SMILES string of the molecule is COC(=O)C(C(=O)OC)C1=CCCC1OC. The van der Waals surface area contributed by atoms with Gasteiger partial charge in [0.2, 0.25) is 0 Å². The summed E-state index contributed by atoms with van der Waals surface area (Å²) in [4.78, 5) is 23.1. The smallest absolute Gasteiger partial charge is 0.324 e. The summed E-state index contributed by atoms with van der Waals surface area (Å²) in [7, 11) is 4.04. The molecule has 0 aromatic rings. The molecule has 0 spiro atoms. The largest absolute Gasteiger partial charge is 0.468 e. The molecule has 90 valence electrons. The predicted molar refractivity (Wildman–Crippen MR) is 55.6 cm³/mol. The van der Waals surface area contributed by atoms with Crippen LogP contribution in [-0.2, 0) is 23.8 Å². The van der Waals surface area contributed by atoms with E-state index in [1.54, 1.807) is 7.11 Å². The number of ether oxygens (including phenoxy) is 3. The minimum Gasteiger partial charge on any atom is -0.468 e. The summed E-state index contributed by atoms with van der Waals surface area (Å²) < 4.78 is 14.4. The van der Waals surface area contributed by atoms with Crippen molar-refractivity contribution in [3.8, 4) is 0 Å². The van der Waals surface area contributed by atoms with Gasteiger partial charge in [0.25, 0.3) is 0 Å². The summed E-state index contributed by atoms with van der Waals surface area (Å²) in [5.41, 5.74) is 0.640. The molecule has 0 radical (unpaired) electrons. The predicted octanol–water partition coefficient (Wildman–Crippen LogP) is 0.684. The second-order valence-corrected chi connectivity index (χ2v) is 3.49. The number of carbonyl (C=O) groups is 2. The van der Waals surface area contributed by atoms with E-state index >= 15 is 0 Å². The zero-order valence-corrected chi connectivity index (χ0v) is 9.69. The summed E-state index contributed by atoms with van der Waals surface area (Å²) in [6.45, 7) is 0. The zero-order chi connectivity index (χ0) is 12.1. The van der Waals surface area contributed by atoms with Gasteiger partial charge in [-0.1, -0.05) is 6.08 Å². The number of allylic oxidation sites excluding steroid dienone is 1. The second kappa shape index (κ2) is 5.65. The van der Waals surface area contributed by atoms with E-state index in [2.05, 4.69) is 9.47 Å². The molecule has 5 heteroatoms. The van der Waals surface area contributed by atoms with Crippen molar-refractivity contribution >= 4 is 11.9 Å². The average molecular weight is 228 g/mol.